The molecule has 0 aliphatic heterocycles. The molecule has 0 aliphatic carbocycles. The highest BCUT2D eigenvalue weighted by molar-refractivity contribution is 6.30. The Hall–Kier alpha value is -3.43. The van der Waals surface area contributed by atoms with Crippen LogP contribution < -0.4 is 0 Å². The van der Waals surface area contributed by atoms with Gasteiger partial charge in [0.2, 0.25) is 0 Å². The Balaban J connectivity index is 1.73. The third kappa shape index (κ3) is 4.17. The Labute approximate surface area is 199 Å². The van der Waals surface area contributed by atoms with Crippen LogP contribution in [0.15, 0.2) is 91.5 Å². The van der Waals surface area contributed by atoms with Gasteiger partial charge in [-0.2, -0.15) is 0 Å². The predicted octanol–water partition coefficient (Wildman–Crippen LogP) is 7.42. The van der Waals surface area contributed by atoms with Crippen LogP contribution in [0, 0.1) is 0 Å². The van der Waals surface area contributed by atoms with E-state index in [-0.39, 0.29) is 5.92 Å². The van der Waals surface area contributed by atoms with E-state index in [1.807, 2.05) is 37.9 Å². The second-order valence-corrected chi connectivity index (χ2v) is 8.89. The quantitative estimate of drug-likeness (QED) is 0.269. The molecule has 5 aromatic rings. The summed E-state index contributed by atoms with van der Waals surface area (Å²) in [5.74, 6) is 0.0500. The van der Waals surface area contributed by atoms with Crippen molar-refractivity contribution in [3.8, 4) is 11.1 Å². The van der Waals surface area contributed by atoms with Crippen LogP contribution in [0.4, 0.5) is 0 Å². The fourth-order valence-electron chi connectivity index (χ4n) is 4.67. The average Bonchev–Trinajstić information content (AvgIpc) is 3.27. The summed E-state index contributed by atoms with van der Waals surface area (Å²) in [5.41, 5.74) is 8.36. The monoisotopic (exact) mass is 451 g/mol. The third-order valence-corrected chi connectivity index (χ3v) is 6.53. The van der Waals surface area contributed by atoms with Crippen molar-refractivity contribution in [2.45, 2.75) is 25.7 Å². The number of halogens is 1. The van der Waals surface area contributed by atoms with E-state index in [0.29, 0.717) is 0 Å². The van der Waals surface area contributed by atoms with Crippen LogP contribution in [0.2, 0.25) is 5.02 Å². The lowest BCUT2D eigenvalue weighted by Gasteiger charge is -2.20. The summed E-state index contributed by atoms with van der Waals surface area (Å²) in [6, 6.07) is 25.4. The molecule has 3 aromatic carbocycles. The number of pyridine rings is 1. The Morgan fingerprint density at radius 2 is 1.67 bits per heavy atom. The standard InChI is InChI=1S/C29H26ClN3/c1-3-7-24-25-16-22(12-15-27(25)32-17-26(24)20-8-5-4-6-9-20)29(28-18-31-19-33(28)2)21-10-13-23(30)14-11-21/h4-6,8-19,29H,3,7H2,1-2H3. The van der Waals surface area contributed by atoms with Gasteiger partial charge in [-0.25, -0.2) is 4.98 Å². The molecule has 0 amide bonds. The van der Waals surface area contributed by atoms with Gasteiger partial charge in [0.05, 0.1) is 17.8 Å². The minimum Gasteiger partial charge on any atom is -0.337 e. The van der Waals surface area contributed by atoms with E-state index in [1.165, 1.54) is 33.2 Å². The molecule has 33 heavy (non-hydrogen) atoms. The van der Waals surface area contributed by atoms with Crippen molar-refractivity contribution in [2.24, 2.45) is 7.05 Å². The van der Waals surface area contributed by atoms with Gasteiger partial charge >= 0.3 is 0 Å². The zero-order chi connectivity index (χ0) is 22.8. The Morgan fingerprint density at radius 1 is 0.909 bits per heavy atom. The van der Waals surface area contributed by atoms with Gasteiger partial charge in [-0.1, -0.05) is 73.5 Å². The van der Waals surface area contributed by atoms with Crippen LogP contribution in [-0.2, 0) is 13.5 Å². The number of aryl methyl sites for hydroxylation is 2. The van der Waals surface area contributed by atoms with Gasteiger partial charge in [0.15, 0.2) is 0 Å². The van der Waals surface area contributed by atoms with Gasteiger partial charge in [0.1, 0.15) is 0 Å². The van der Waals surface area contributed by atoms with Crippen molar-refractivity contribution in [1.29, 1.82) is 0 Å². The molecule has 1 unspecified atom stereocenters. The van der Waals surface area contributed by atoms with Crippen molar-refractivity contribution >= 4 is 22.5 Å². The van der Waals surface area contributed by atoms with E-state index in [2.05, 4.69) is 77.1 Å². The van der Waals surface area contributed by atoms with Gasteiger partial charge < -0.3 is 4.57 Å². The molecule has 0 N–H and O–H groups in total. The Bertz CT molecular complexity index is 1390. The van der Waals surface area contributed by atoms with Crippen LogP contribution in [0.25, 0.3) is 22.0 Å². The number of aromatic nitrogens is 3. The number of fused-ring (bicyclic) bond motifs is 1. The fourth-order valence-corrected chi connectivity index (χ4v) is 4.79. The topological polar surface area (TPSA) is 30.7 Å². The van der Waals surface area contributed by atoms with E-state index in [0.717, 1.165) is 29.1 Å². The largest absolute Gasteiger partial charge is 0.337 e. The molecule has 0 saturated heterocycles. The summed E-state index contributed by atoms with van der Waals surface area (Å²) >= 11 is 6.20. The van der Waals surface area contributed by atoms with Crippen molar-refractivity contribution in [3.05, 3.63) is 119 Å². The second kappa shape index (κ2) is 9.21. The lowest BCUT2D eigenvalue weighted by atomic mass is 9.86. The molecule has 0 fully saturated rings. The van der Waals surface area contributed by atoms with E-state index in [1.54, 1.807) is 0 Å². The first-order valence-electron chi connectivity index (χ1n) is 11.3. The predicted molar refractivity (Wildman–Crippen MR) is 137 cm³/mol. The molecule has 3 nitrogen and oxygen atoms in total. The number of nitrogens with zero attached hydrogens (tertiary/aromatic N) is 3. The summed E-state index contributed by atoms with van der Waals surface area (Å²) in [6.45, 7) is 2.23. The smallest absolute Gasteiger partial charge is 0.0945 e. The van der Waals surface area contributed by atoms with Gasteiger partial charge in [0, 0.05) is 41.1 Å². The maximum absolute atomic E-state index is 6.20. The van der Waals surface area contributed by atoms with E-state index in [4.69, 9.17) is 16.6 Å². The van der Waals surface area contributed by atoms with Gasteiger partial charge in [-0.15, -0.1) is 0 Å². The Morgan fingerprint density at radius 3 is 2.36 bits per heavy atom. The van der Waals surface area contributed by atoms with Crippen molar-refractivity contribution in [1.82, 2.24) is 14.5 Å². The number of hydrogen-bond acceptors (Lipinski definition) is 2. The molecule has 0 aliphatic rings. The van der Waals surface area contributed by atoms with E-state index in [9.17, 15) is 0 Å². The van der Waals surface area contributed by atoms with Gasteiger partial charge in [0.25, 0.3) is 0 Å². The fraction of sp³-hybridized carbons (Fsp3) is 0.172. The van der Waals surface area contributed by atoms with Crippen LogP contribution in [0.5, 0.6) is 0 Å². The molecular formula is C29H26ClN3. The molecular weight excluding hydrogens is 426 g/mol. The number of imidazole rings is 1. The van der Waals surface area contributed by atoms with Crippen molar-refractivity contribution < 1.29 is 0 Å². The normalized spacial score (nSPS) is 12.2. The molecule has 0 saturated carbocycles. The Kier molecular flexibility index (Phi) is 5.97. The molecule has 0 radical (unpaired) electrons. The second-order valence-electron chi connectivity index (χ2n) is 8.46. The molecule has 164 valence electrons. The summed E-state index contributed by atoms with van der Waals surface area (Å²) in [4.78, 5) is 9.23. The molecule has 0 spiro atoms. The van der Waals surface area contributed by atoms with Crippen LogP contribution >= 0.6 is 11.6 Å². The molecule has 0 bridgehead atoms. The zero-order valence-corrected chi connectivity index (χ0v) is 19.6. The maximum Gasteiger partial charge on any atom is 0.0945 e. The van der Waals surface area contributed by atoms with Crippen LogP contribution in [-0.4, -0.2) is 14.5 Å². The van der Waals surface area contributed by atoms with Gasteiger partial charge in [-0.3, -0.25) is 4.98 Å². The zero-order valence-electron chi connectivity index (χ0n) is 18.9. The third-order valence-electron chi connectivity index (χ3n) is 6.27. The summed E-state index contributed by atoms with van der Waals surface area (Å²) < 4.78 is 2.09. The van der Waals surface area contributed by atoms with Crippen molar-refractivity contribution in [3.63, 3.8) is 0 Å². The summed E-state index contributed by atoms with van der Waals surface area (Å²) in [6.07, 6.45) is 7.92. The molecule has 2 aromatic heterocycles. The van der Waals surface area contributed by atoms with Crippen LogP contribution in [0.3, 0.4) is 0 Å². The lowest BCUT2D eigenvalue weighted by molar-refractivity contribution is 0.793. The number of hydrogen-bond donors (Lipinski definition) is 0. The maximum atomic E-state index is 6.20. The first-order chi connectivity index (χ1) is 16.2. The lowest BCUT2D eigenvalue weighted by Crippen LogP contribution is -2.08. The van der Waals surface area contributed by atoms with Crippen LogP contribution in [0.1, 0.15) is 41.6 Å². The highest BCUT2D eigenvalue weighted by Crippen LogP contribution is 2.36. The number of rotatable bonds is 6. The highest BCUT2D eigenvalue weighted by atomic mass is 35.5. The average molecular weight is 452 g/mol. The van der Waals surface area contributed by atoms with E-state index >= 15 is 0 Å². The molecule has 5 rings (SSSR count). The molecule has 4 heteroatoms. The minimum atomic E-state index is 0.0500. The summed E-state index contributed by atoms with van der Waals surface area (Å²) in [7, 11) is 2.05. The van der Waals surface area contributed by atoms with Crippen molar-refractivity contribution in [2.75, 3.05) is 0 Å². The molecule has 1 atom stereocenters. The first-order valence-corrected chi connectivity index (χ1v) is 11.7. The van der Waals surface area contributed by atoms with Gasteiger partial charge in [-0.05, 0) is 52.9 Å². The first kappa shape index (κ1) is 21.4. The highest BCUT2D eigenvalue weighted by Gasteiger charge is 2.21. The van der Waals surface area contributed by atoms with E-state index < -0.39 is 0 Å². The minimum absolute atomic E-state index is 0.0500. The number of benzene rings is 3. The summed E-state index contributed by atoms with van der Waals surface area (Å²) in [5, 5.41) is 1.96. The SMILES string of the molecule is CCCc1c(-c2ccccc2)cnc2ccc(C(c3ccc(Cl)cc3)c3cncn3C)cc12. The molecule has 2 heterocycles.